The number of benzene rings is 2. The van der Waals surface area contributed by atoms with E-state index in [1.165, 1.54) is 7.11 Å². The molecule has 1 aliphatic rings. The number of carbonyl (C=O) groups excluding carboxylic acids is 2. The van der Waals surface area contributed by atoms with E-state index in [0.29, 0.717) is 35.7 Å². The number of amides is 2. The van der Waals surface area contributed by atoms with Crippen molar-refractivity contribution in [1.82, 2.24) is 25.3 Å². The van der Waals surface area contributed by atoms with Crippen LogP contribution in [-0.4, -0.2) is 46.3 Å². The number of ether oxygens (including phenoxy) is 1. The molecule has 2 heterocycles. The lowest BCUT2D eigenvalue weighted by Crippen LogP contribution is -2.42. The summed E-state index contributed by atoms with van der Waals surface area (Å²) >= 11 is 0. The van der Waals surface area contributed by atoms with Crippen LogP contribution in [-0.2, 0) is 30.6 Å². The van der Waals surface area contributed by atoms with Crippen LogP contribution in [0.15, 0.2) is 48.5 Å². The third-order valence-electron chi connectivity index (χ3n) is 6.01. The summed E-state index contributed by atoms with van der Waals surface area (Å²) in [6, 6.07) is 12.3. The van der Waals surface area contributed by atoms with Crippen LogP contribution in [0.4, 0.5) is 13.2 Å². The van der Waals surface area contributed by atoms with Crippen LogP contribution in [0.2, 0.25) is 0 Å². The molecule has 0 radical (unpaired) electrons. The average molecular weight is 517 g/mol. The quantitative estimate of drug-likeness (QED) is 0.424. The van der Waals surface area contributed by atoms with Gasteiger partial charge in [0.25, 0.3) is 5.91 Å². The smallest absolute Gasteiger partial charge is 0.435 e. The van der Waals surface area contributed by atoms with Crippen molar-refractivity contribution in [3.8, 4) is 11.4 Å². The molecule has 1 aliphatic heterocycles. The fraction of sp³-hybridized carbons (Fsp3) is 0.320. The summed E-state index contributed by atoms with van der Waals surface area (Å²) in [4.78, 5) is 26.9. The summed E-state index contributed by atoms with van der Waals surface area (Å²) in [6.45, 7) is 2.64. The van der Waals surface area contributed by atoms with Crippen molar-refractivity contribution in [3.05, 3.63) is 76.6 Å². The van der Waals surface area contributed by atoms with Crippen molar-refractivity contribution in [2.75, 3.05) is 13.8 Å². The van der Waals surface area contributed by atoms with Gasteiger partial charge in [-0.2, -0.15) is 18.3 Å². The summed E-state index contributed by atoms with van der Waals surface area (Å²) < 4.78 is 47.1. The molecule has 4 N–H and O–H groups in total. The zero-order valence-corrected chi connectivity index (χ0v) is 20.3. The van der Waals surface area contributed by atoms with E-state index in [9.17, 15) is 22.8 Å². The minimum Gasteiger partial charge on any atom is -0.496 e. The number of nitrogens with zero attached hydrogens (tertiary/aromatic N) is 3. The highest BCUT2D eigenvalue weighted by molar-refractivity contribution is 5.93. The Balaban J connectivity index is 1.62. The number of methoxy groups -OCH3 is 1. The maximum Gasteiger partial charge on any atom is 0.435 e. The Morgan fingerprint density at radius 3 is 2.59 bits per heavy atom. The van der Waals surface area contributed by atoms with E-state index in [0.717, 1.165) is 16.3 Å². The van der Waals surface area contributed by atoms with E-state index in [4.69, 9.17) is 10.5 Å². The minimum atomic E-state index is -4.74. The molecule has 9 nitrogen and oxygen atoms in total. The molecule has 3 aromatic rings. The van der Waals surface area contributed by atoms with Gasteiger partial charge in [0, 0.05) is 31.3 Å². The van der Waals surface area contributed by atoms with Gasteiger partial charge in [0.15, 0.2) is 5.69 Å². The molecular weight excluding hydrogens is 489 g/mol. The van der Waals surface area contributed by atoms with Crippen molar-refractivity contribution in [2.45, 2.75) is 38.8 Å². The largest absolute Gasteiger partial charge is 0.496 e. The van der Waals surface area contributed by atoms with Gasteiger partial charge in [0.05, 0.1) is 25.5 Å². The van der Waals surface area contributed by atoms with E-state index < -0.39 is 23.8 Å². The molecule has 0 bridgehead atoms. The highest BCUT2D eigenvalue weighted by atomic mass is 19.4. The molecule has 0 unspecified atom stereocenters. The Morgan fingerprint density at radius 1 is 1.14 bits per heavy atom. The number of aromatic nitrogens is 2. The SMILES string of the molecule is COc1ccccc1CNC(=O)c1cc(C(F)(F)F)nn1-c1cccc2c1CN(CNC(=O)[C@H](C)N)C2. The summed E-state index contributed by atoms with van der Waals surface area (Å²) in [5.74, 6) is -0.484. The summed E-state index contributed by atoms with van der Waals surface area (Å²) in [5.41, 5.74) is 6.77. The molecule has 4 rings (SSSR count). The molecule has 0 saturated heterocycles. The fourth-order valence-corrected chi connectivity index (χ4v) is 4.11. The number of hydrogen-bond donors (Lipinski definition) is 3. The second-order valence-electron chi connectivity index (χ2n) is 8.71. The first-order valence-electron chi connectivity index (χ1n) is 11.5. The van der Waals surface area contributed by atoms with Crippen molar-refractivity contribution in [1.29, 1.82) is 0 Å². The lowest BCUT2D eigenvalue weighted by Gasteiger charge is -2.17. The topological polar surface area (TPSA) is 115 Å². The number of para-hydroxylation sites is 1. The maximum atomic E-state index is 13.6. The van der Waals surface area contributed by atoms with Gasteiger partial charge in [-0.3, -0.25) is 14.5 Å². The average Bonchev–Trinajstić information content (AvgIpc) is 3.50. The van der Waals surface area contributed by atoms with Crippen molar-refractivity contribution in [3.63, 3.8) is 0 Å². The standard InChI is InChI=1S/C25H27F3N6O3/c1-15(29)23(35)31-14-33-12-17-7-5-8-19(18(17)13-33)34-20(10-22(32-34)25(26,27)28)24(36)30-11-16-6-3-4-9-21(16)37-2/h3-10,15H,11-14,29H2,1-2H3,(H,30,36)(H,31,35)/t15-/m0/s1. The molecule has 1 aromatic heterocycles. The lowest BCUT2D eigenvalue weighted by molar-refractivity contribution is -0.141. The zero-order chi connectivity index (χ0) is 26.7. The minimum absolute atomic E-state index is 0.0509. The number of alkyl halides is 3. The Kier molecular flexibility index (Phi) is 7.50. The van der Waals surface area contributed by atoms with Gasteiger partial charge in [-0.15, -0.1) is 0 Å². The lowest BCUT2D eigenvalue weighted by atomic mass is 10.1. The second kappa shape index (κ2) is 10.6. The first-order valence-corrected chi connectivity index (χ1v) is 11.5. The number of nitrogens with one attached hydrogen (secondary N) is 2. The molecule has 2 amide bonds. The number of fused-ring (bicyclic) bond motifs is 1. The summed E-state index contributed by atoms with van der Waals surface area (Å²) in [7, 11) is 1.49. The Labute approximate surface area is 211 Å². The molecule has 0 aliphatic carbocycles. The van der Waals surface area contributed by atoms with Crippen LogP contribution >= 0.6 is 0 Å². The molecule has 37 heavy (non-hydrogen) atoms. The monoisotopic (exact) mass is 516 g/mol. The van der Waals surface area contributed by atoms with E-state index >= 15 is 0 Å². The molecule has 0 spiro atoms. The van der Waals surface area contributed by atoms with Gasteiger partial charge in [-0.05, 0) is 30.2 Å². The molecule has 2 aromatic carbocycles. The Morgan fingerprint density at radius 2 is 1.89 bits per heavy atom. The van der Waals surface area contributed by atoms with Crippen LogP contribution in [0.25, 0.3) is 5.69 Å². The second-order valence-corrected chi connectivity index (χ2v) is 8.71. The third kappa shape index (κ3) is 5.75. The molecular formula is C25H27F3N6O3. The molecule has 0 saturated carbocycles. The predicted molar refractivity (Wildman–Crippen MR) is 129 cm³/mol. The summed E-state index contributed by atoms with van der Waals surface area (Å²) in [6.07, 6.45) is -4.74. The Bertz CT molecular complexity index is 1310. The fourth-order valence-electron chi connectivity index (χ4n) is 4.11. The van der Waals surface area contributed by atoms with E-state index in [-0.39, 0.29) is 24.8 Å². The zero-order valence-electron chi connectivity index (χ0n) is 20.3. The predicted octanol–water partition coefficient (Wildman–Crippen LogP) is 2.57. The summed E-state index contributed by atoms with van der Waals surface area (Å²) in [5, 5.41) is 9.16. The number of nitrogens with two attached hydrogens (primary N) is 1. The van der Waals surface area contributed by atoms with Crippen molar-refractivity contribution < 1.29 is 27.5 Å². The Hall–Kier alpha value is -3.90. The first kappa shape index (κ1) is 26.2. The molecule has 1 atom stereocenters. The number of carbonyl (C=O) groups is 2. The molecule has 196 valence electrons. The molecule has 0 fully saturated rings. The first-order chi connectivity index (χ1) is 17.6. The van der Waals surface area contributed by atoms with E-state index in [1.807, 2.05) is 11.0 Å². The molecule has 12 heteroatoms. The van der Waals surface area contributed by atoms with Gasteiger partial charge in [0.2, 0.25) is 5.91 Å². The van der Waals surface area contributed by atoms with E-state index in [2.05, 4.69) is 15.7 Å². The van der Waals surface area contributed by atoms with Gasteiger partial charge in [-0.25, -0.2) is 4.68 Å². The van der Waals surface area contributed by atoms with Crippen LogP contribution in [0.1, 0.15) is 39.8 Å². The van der Waals surface area contributed by atoms with Gasteiger partial charge < -0.3 is 21.1 Å². The normalized spacial score (nSPS) is 14.2. The highest BCUT2D eigenvalue weighted by Crippen LogP contribution is 2.33. The maximum absolute atomic E-state index is 13.6. The van der Waals surface area contributed by atoms with Crippen LogP contribution in [0.5, 0.6) is 5.75 Å². The van der Waals surface area contributed by atoms with E-state index in [1.54, 1.807) is 43.3 Å². The third-order valence-corrected chi connectivity index (χ3v) is 6.01. The van der Waals surface area contributed by atoms with Crippen molar-refractivity contribution in [2.24, 2.45) is 5.73 Å². The number of hydrogen-bond acceptors (Lipinski definition) is 6. The van der Waals surface area contributed by atoms with Gasteiger partial charge >= 0.3 is 6.18 Å². The van der Waals surface area contributed by atoms with Gasteiger partial charge in [-0.1, -0.05) is 30.3 Å². The number of halogens is 3. The number of rotatable bonds is 8. The highest BCUT2D eigenvalue weighted by Gasteiger charge is 2.37. The van der Waals surface area contributed by atoms with Crippen LogP contribution in [0, 0.1) is 0 Å². The van der Waals surface area contributed by atoms with Gasteiger partial charge in [0.1, 0.15) is 11.4 Å². The van der Waals surface area contributed by atoms with Crippen LogP contribution in [0.3, 0.4) is 0 Å². The van der Waals surface area contributed by atoms with Crippen LogP contribution < -0.4 is 21.1 Å². The van der Waals surface area contributed by atoms with Crippen molar-refractivity contribution >= 4 is 11.8 Å².